The second-order valence-electron chi connectivity index (χ2n) is 3.65. The lowest BCUT2D eigenvalue weighted by Gasteiger charge is -2.33. The van der Waals surface area contributed by atoms with Gasteiger partial charge in [0.05, 0.1) is 19.3 Å². The van der Waals surface area contributed by atoms with E-state index in [2.05, 4.69) is 0 Å². The Morgan fingerprint density at radius 1 is 1.71 bits per heavy atom. The van der Waals surface area contributed by atoms with E-state index >= 15 is 0 Å². The van der Waals surface area contributed by atoms with Gasteiger partial charge in [0, 0.05) is 12.8 Å². The summed E-state index contributed by atoms with van der Waals surface area (Å²) in [5.74, 6) is -0.690. The number of hydrogen-bond donors (Lipinski definition) is 2. The highest BCUT2D eigenvalue weighted by Gasteiger charge is 2.42. The highest BCUT2D eigenvalue weighted by molar-refractivity contribution is 5.93. The predicted molar refractivity (Wildman–Crippen MR) is 46.7 cm³/mol. The summed E-state index contributed by atoms with van der Waals surface area (Å²) in [6.07, 6.45) is -0.806. The van der Waals surface area contributed by atoms with Gasteiger partial charge in [-0.1, -0.05) is 0 Å². The Labute approximate surface area is 81.7 Å². The van der Waals surface area contributed by atoms with Gasteiger partial charge in [0.15, 0.2) is 11.4 Å². The molecule has 0 saturated carbocycles. The summed E-state index contributed by atoms with van der Waals surface area (Å²) in [4.78, 5) is 22.2. The summed E-state index contributed by atoms with van der Waals surface area (Å²) in [5.41, 5.74) is -1.68. The Balaban J connectivity index is 2.64. The van der Waals surface area contributed by atoms with Gasteiger partial charge in [0.2, 0.25) is 0 Å². The maximum absolute atomic E-state index is 11.4. The molecule has 1 fully saturated rings. The number of carbonyl (C=O) groups excluding carboxylic acids is 2. The molecule has 1 rings (SSSR count). The quantitative estimate of drug-likeness (QED) is 0.616. The fraction of sp³-hybridized carbons (Fsp3) is 0.778. The summed E-state index contributed by atoms with van der Waals surface area (Å²) >= 11 is 0. The van der Waals surface area contributed by atoms with E-state index in [1.54, 1.807) is 0 Å². The van der Waals surface area contributed by atoms with Crippen LogP contribution in [0.5, 0.6) is 0 Å². The molecule has 0 bridgehead atoms. The van der Waals surface area contributed by atoms with E-state index in [4.69, 9.17) is 9.84 Å². The standard InChI is InChI=1S/C9H14O5/c1-6(11)3-9(13)5-14-7(4-10)2-8(9)12/h7,10,13H,2-5H2,1H3/t7-,9-/m0/s1. The van der Waals surface area contributed by atoms with E-state index in [1.807, 2.05) is 0 Å². The van der Waals surface area contributed by atoms with Crippen molar-refractivity contribution in [3.63, 3.8) is 0 Å². The van der Waals surface area contributed by atoms with Crippen LogP contribution in [0.1, 0.15) is 19.8 Å². The Hall–Kier alpha value is -0.780. The third-order valence-corrected chi connectivity index (χ3v) is 2.23. The van der Waals surface area contributed by atoms with E-state index in [0.717, 1.165) is 0 Å². The third kappa shape index (κ3) is 2.37. The highest BCUT2D eigenvalue weighted by Crippen LogP contribution is 2.22. The zero-order chi connectivity index (χ0) is 10.8. The Morgan fingerprint density at radius 3 is 2.79 bits per heavy atom. The average Bonchev–Trinajstić information content (AvgIpc) is 2.09. The van der Waals surface area contributed by atoms with Crippen LogP contribution in [0.15, 0.2) is 0 Å². The van der Waals surface area contributed by atoms with Gasteiger partial charge in [-0.15, -0.1) is 0 Å². The topological polar surface area (TPSA) is 83.8 Å². The molecule has 0 aromatic carbocycles. The molecule has 0 aliphatic carbocycles. The van der Waals surface area contributed by atoms with Gasteiger partial charge in [-0.05, 0) is 6.92 Å². The average molecular weight is 202 g/mol. The van der Waals surface area contributed by atoms with Crippen molar-refractivity contribution in [1.29, 1.82) is 0 Å². The summed E-state index contributed by atoms with van der Waals surface area (Å²) in [7, 11) is 0. The van der Waals surface area contributed by atoms with Gasteiger partial charge in [-0.2, -0.15) is 0 Å². The first-order chi connectivity index (χ1) is 6.48. The maximum Gasteiger partial charge on any atom is 0.169 e. The molecule has 0 radical (unpaired) electrons. The van der Waals surface area contributed by atoms with E-state index in [-0.39, 0.29) is 31.8 Å². The second kappa shape index (κ2) is 4.16. The molecule has 0 spiro atoms. The van der Waals surface area contributed by atoms with Gasteiger partial charge in [-0.3, -0.25) is 9.59 Å². The van der Waals surface area contributed by atoms with Gasteiger partial charge in [0.1, 0.15) is 5.78 Å². The molecule has 0 unspecified atom stereocenters. The van der Waals surface area contributed by atoms with Crippen LogP contribution >= 0.6 is 0 Å². The van der Waals surface area contributed by atoms with Crippen molar-refractivity contribution in [2.45, 2.75) is 31.5 Å². The smallest absolute Gasteiger partial charge is 0.169 e. The molecule has 2 atom stereocenters. The van der Waals surface area contributed by atoms with Crippen molar-refractivity contribution in [3.05, 3.63) is 0 Å². The number of hydrogen-bond acceptors (Lipinski definition) is 5. The number of aliphatic hydroxyl groups is 2. The van der Waals surface area contributed by atoms with Crippen molar-refractivity contribution >= 4 is 11.6 Å². The van der Waals surface area contributed by atoms with E-state index < -0.39 is 17.5 Å². The zero-order valence-electron chi connectivity index (χ0n) is 8.02. The summed E-state index contributed by atoms with van der Waals surface area (Å²) in [5, 5.41) is 18.5. The lowest BCUT2D eigenvalue weighted by Crippen LogP contribution is -2.51. The van der Waals surface area contributed by atoms with Crippen molar-refractivity contribution in [3.8, 4) is 0 Å². The molecule has 2 N–H and O–H groups in total. The van der Waals surface area contributed by atoms with Crippen LogP contribution in [0.2, 0.25) is 0 Å². The number of ketones is 2. The Morgan fingerprint density at radius 2 is 2.36 bits per heavy atom. The Kier molecular flexibility index (Phi) is 3.36. The molecule has 1 aliphatic rings. The van der Waals surface area contributed by atoms with Crippen molar-refractivity contribution in [2.24, 2.45) is 0 Å². The van der Waals surface area contributed by atoms with E-state index in [0.29, 0.717) is 0 Å². The third-order valence-electron chi connectivity index (χ3n) is 2.23. The molecule has 0 amide bonds. The SMILES string of the molecule is CC(=O)C[C@]1(O)CO[C@H](CO)CC1=O. The molecule has 1 heterocycles. The molecule has 80 valence electrons. The van der Waals surface area contributed by atoms with Crippen LogP contribution in [0.3, 0.4) is 0 Å². The molecule has 0 aromatic rings. The lowest BCUT2D eigenvalue weighted by molar-refractivity contribution is -0.168. The minimum absolute atomic E-state index is 0.0414. The zero-order valence-corrected chi connectivity index (χ0v) is 8.02. The van der Waals surface area contributed by atoms with Crippen molar-refractivity contribution < 1.29 is 24.5 Å². The molecule has 5 heteroatoms. The van der Waals surface area contributed by atoms with E-state index in [1.165, 1.54) is 6.92 Å². The summed E-state index contributed by atoms with van der Waals surface area (Å²) in [6.45, 7) is 0.849. The molecular formula is C9H14O5. The summed E-state index contributed by atoms with van der Waals surface area (Å²) < 4.78 is 5.04. The van der Waals surface area contributed by atoms with Crippen LogP contribution in [0.25, 0.3) is 0 Å². The maximum atomic E-state index is 11.4. The first-order valence-corrected chi connectivity index (χ1v) is 4.45. The molecule has 5 nitrogen and oxygen atoms in total. The number of Topliss-reactive ketones (excluding diaryl/α,β-unsaturated/α-hetero) is 2. The number of carbonyl (C=O) groups is 2. The lowest BCUT2D eigenvalue weighted by atomic mass is 9.88. The van der Waals surface area contributed by atoms with Crippen molar-refractivity contribution in [2.75, 3.05) is 13.2 Å². The minimum Gasteiger partial charge on any atom is -0.394 e. The number of rotatable bonds is 3. The van der Waals surface area contributed by atoms with Gasteiger partial charge in [0.25, 0.3) is 0 Å². The summed E-state index contributed by atoms with van der Waals surface area (Å²) in [6, 6.07) is 0. The fourth-order valence-corrected chi connectivity index (χ4v) is 1.47. The molecular weight excluding hydrogens is 188 g/mol. The largest absolute Gasteiger partial charge is 0.394 e. The highest BCUT2D eigenvalue weighted by atomic mass is 16.5. The molecule has 1 saturated heterocycles. The first-order valence-electron chi connectivity index (χ1n) is 4.45. The first kappa shape index (κ1) is 11.3. The van der Waals surface area contributed by atoms with Gasteiger partial charge in [-0.25, -0.2) is 0 Å². The predicted octanol–water partition coefficient (Wildman–Crippen LogP) is -0.953. The van der Waals surface area contributed by atoms with Crippen LogP contribution in [0.4, 0.5) is 0 Å². The molecule has 1 aliphatic heterocycles. The minimum atomic E-state index is -1.68. The van der Waals surface area contributed by atoms with E-state index in [9.17, 15) is 14.7 Å². The molecule has 14 heavy (non-hydrogen) atoms. The Bertz CT molecular complexity index is 250. The van der Waals surface area contributed by atoms with Crippen molar-refractivity contribution in [1.82, 2.24) is 0 Å². The number of ether oxygens (including phenoxy) is 1. The fourth-order valence-electron chi connectivity index (χ4n) is 1.47. The van der Waals surface area contributed by atoms with Crippen LogP contribution in [0, 0.1) is 0 Å². The van der Waals surface area contributed by atoms with Crippen LogP contribution in [-0.2, 0) is 14.3 Å². The normalized spacial score (nSPS) is 33.1. The molecule has 0 aromatic heterocycles. The monoisotopic (exact) mass is 202 g/mol. The van der Waals surface area contributed by atoms with Gasteiger partial charge < -0.3 is 14.9 Å². The van der Waals surface area contributed by atoms with Crippen LogP contribution in [-0.4, -0.2) is 46.7 Å². The number of aliphatic hydroxyl groups excluding tert-OH is 1. The van der Waals surface area contributed by atoms with Crippen LogP contribution < -0.4 is 0 Å². The van der Waals surface area contributed by atoms with Gasteiger partial charge >= 0.3 is 0 Å². The second-order valence-corrected chi connectivity index (χ2v) is 3.65.